The first-order chi connectivity index (χ1) is 8.59. The van der Waals surface area contributed by atoms with Crippen molar-refractivity contribution in [2.75, 3.05) is 0 Å². The number of aromatic nitrogens is 1. The summed E-state index contributed by atoms with van der Waals surface area (Å²) in [6.07, 6.45) is 3.91. The summed E-state index contributed by atoms with van der Waals surface area (Å²) in [5, 5.41) is 26.9. The molecule has 96 valence electrons. The molecule has 0 saturated heterocycles. The van der Waals surface area contributed by atoms with Crippen molar-refractivity contribution in [2.45, 2.75) is 31.5 Å². The van der Waals surface area contributed by atoms with Crippen molar-refractivity contribution in [3.8, 4) is 0 Å². The van der Waals surface area contributed by atoms with Crippen molar-refractivity contribution < 1.29 is 19.9 Å². The molecule has 2 unspecified atom stereocenters. The number of carboxylic acids is 1. The van der Waals surface area contributed by atoms with Crippen molar-refractivity contribution in [2.24, 2.45) is 5.92 Å². The van der Waals surface area contributed by atoms with E-state index in [9.17, 15) is 9.90 Å². The zero-order valence-corrected chi connectivity index (χ0v) is 9.99. The average molecular weight is 249 g/mol. The summed E-state index contributed by atoms with van der Waals surface area (Å²) in [5.74, 6) is -1.33. The lowest BCUT2D eigenvalue weighted by Crippen LogP contribution is -2.18. The molecule has 0 amide bonds. The third-order valence-corrected chi connectivity index (χ3v) is 3.49. The van der Waals surface area contributed by atoms with Gasteiger partial charge >= 0.3 is 13.1 Å². The molecule has 0 aliphatic heterocycles. The van der Waals surface area contributed by atoms with E-state index in [0.29, 0.717) is 19.3 Å². The van der Waals surface area contributed by atoms with Crippen LogP contribution in [0.1, 0.15) is 30.0 Å². The molecule has 1 aliphatic rings. The fourth-order valence-corrected chi connectivity index (χ4v) is 2.69. The Morgan fingerprint density at radius 1 is 1.50 bits per heavy atom. The molecule has 0 spiro atoms. The number of carboxylic acid groups (broad SMARTS) is 1. The fourth-order valence-electron chi connectivity index (χ4n) is 2.69. The maximum Gasteiger partial charge on any atom is 0.451 e. The van der Waals surface area contributed by atoms with Gasteiger partial charge in [0.25, 0.3) is 0 Å². The molecule has 2 rings (SSSR count). The van der Waals surface area contributed by atoms with Crippen LogP contribution in [0, 0.1) is 5.92 Å². The minimum absolute atomic E-state index is 0.00569. The first kappa shape index (κ1) is 13.0. The fraction of sp³-hybridized carbons (Fsp3) is 0.500. The predicted octanol–water partition coefficient (Wildman–Crippen LogP) is 0.675. The minimum Gasteiger partial charge on any atom is -0.481 e. The van der Waals surface area contributed by atoms with Crippen LogP contribution in [0.5, 0.6) is 0 Å². The van der Waals surface area contributed by atoms with E-state index in [2.05, 4.69) is 4.98 Å². The van der Waals surface area contributed by atoms with Crippen LogP contribution in [0.4, 0.5) is 0 Å². The van der Waals surface area contributed by atoms with E-state index < -0.39 is 19.0 Å². The summed E-state index contributed by atoms with van der Waals surface area (Å²) in [6, 6.07) is 3.58. The second-order valence-corrected chi connectivity index (χ2v) is 4.73. The minimum atomic E-state index is -1.31. The Bertz CT molecular complexity index is 438. The maximum atomic E-state index is 11.3. The van der Waals surface area contributed by atoms with Crippen molar-refractivity contribution >= 4 is 13.1 Å². The summed E-state index contributed by atoms with van der Waals surface area (Å²) in [7, 11) is -1.31. The van der Waals surface area contributed by atoms with E-state index in [1.165, 1.54) is 0 Å². The molecule has 0 saturated carbocycles. The number of nitrogens with zero attached hydrogens (tertiary/aromatic N) is 1. The van der Waals surface area contributed by atoms with Crippen LogP contribution in [0.25, 0.3) is 0 Å². The molecule has 0 bridgehead atoms. The summed E-state index contributed by atoms with van der Waals surface area (Å²) in [6.45, 7) is 0. The van der Waals surface area contributed by atoms with Gasteiger partial charge in [-0.05, 0) is 36.7 Å². The number of fused-ring (bicyclic) bond motifs is 1. The molecule has 1 aliphatic carbocycles. The number of rotatable bonds is 5. The topological polar surface area (TPSA) is 90.7 Å². The van der Waals surface area contributed by atoms with Crippen LogP contribution in [0.15, 0.2) is 18.3 Å². The molecule has 1 heterocycles. The van der Waals surface area contributed by atoms with Crippen LogP contribution >= 0.6 is 0 Å². The highest BCUT2D eigenvalue weighted by molar-refractivity contribution is 6.40. The number of carbonyl (C=O) groups is 1. The monoisotopic (exact) mass is 249 g/mol. The Balaban J connectivity index is 2.07. The van der Waals surface area contributed by atoms with Crippen molar-refractivity contribution in [3.05, 3.63) is 29.6 Å². The van der Waals surface area contributed by atoms with E-state index in [-0.39, 0.29) is 12.2 Å². The highest BCUT2D eigenvalue weighted by Crippen LogP contribution is 2.39. The van der Waals surface area contributed by atoms with Crippen LogP contribution in [-0.4, -0.2) is 33.2 Å². The second-order valence-electron chi connectivity index (χ2n) is 4.73. The van der Waals surface area contributed by atoms with Gasteiger partial charge in [-0.2, -0.15) is 0 Å². The molecule has 2 atom stereocenters. The van der Waals surface area contributed by atoms with E-state index >= 15 is 0 Å². The Kier molecular flexibility index (Phi) is 3.99. The lowest BCUT2D eigenvalue weighted by atomic mass is 9.80. The van der Waals surface area contributed by atoms with Crippen LogP contribution in [0.3, 0.4) is 0 Å². The molecule has 0 radical (unpaired) electrons. The standard InChI is InChI=1S/C12H16BNO4/c15-12(16)11-8(3-1-5-13(17)18)7-10-9(11)4-2-6-14-10/h2,4,6,8,11,17-18H,1,3,5,7H2,(H,15,16). The van der Waals surface area contributed by atoms with Gasteiger partial charge in [0.15, 0.2) is 0 Å². The van der Waals surface area contributed by atoms with Crippen molar-refractivity contribution in [1.82, 2.24) is 4.98 Å². The normalized spacial score (nSPS) is 21.7. The Morgan fingerprint density at radius 2 is 2.28 bits per heavy atom. The Morgan fingerprint density at radius 3 is 2.94 bits per heavy atom. The number of hydrogen-bond acceptors (Lipinski definition) is 4. The van der Waals surface area contributed by atoms with Crippen LogP contribution in [0.2, 0.25) is 6.32 Å². The smallest absolute Gasteiger partial charge is 0.451 e. The average Bonchev–Trinajstić information content (AvgIpc) is 2.66. The Labute approximate surface area is 106 Å². The van der Waals surface area contributed by atoms with E-state index in [1.54, 1.807) is 12.3 Å². The molecule has 0 fully saturated rings. The van der Waals surface area contributed by atoms with Gasteiger partial charge in [-0.25, -0.2) is 0 Å². The molecule has 1 aromatic heterocycles. The molecular formula is C12H16BNO4. The SMILES string of the molecule is O=C(O)C1c2cccnc2CC1CCCB(O)O. The zero-order chi connectivity index (χ0) is 13.1. The molecule has 0 aromatic carbocycles. The van der Waals surface area contributed by atoms with Gasteiger partial charge in [-0.15, -0.1) is 0 Å². The molecule has 3 N–H and O–H groups in total. The number of hydrogen-bond donors (Lipinski definition) is 3. The van der Waals surface area contributed by atoms with Crippen molar-refractivity contribution in [3.63, 3.8) is 0 Å². The lowest BCUT2D eigenvalue weighted by Gasteiger charge is -2.15. The first-order valence-corrected chi connectivity index (χ1v) is 6.12. The third-order valence-electron chi connectivity index (χ3n) is 3.49. The Hall–Kier alpha value is -1.40. The zero-order valence-electron chi connectivity index (χ0n) is 9.99. The first-order valence-electron chi connectivity index (χ1n) is 6.12. The third kappa shape index (κ3) is 2.71. The van der Waals surface area contributed by atoms with Gasteiger partial charge in [0.2, 0.25) is 0 Å². The number of pyridine rings is 1. The molecule has 18 heavy (non-hydrogen) atoms. The van der Waals surface area contributed by atoms with Crippen LogP contribution < -0.4 is 0 Å². The maximum absolute atomic E-state index is 11.3. The van der Waals surface area contributed by atoms with Gasteiger partial charge < -0.3 is 15.2 Å². The van der Waals surface area contributed by atoms with Gasteiger partial charge in [0, 0.05) is 11.9 Å². The van der Waals surface area contributed by atoms with E-state index in [0.717, 1.165) is 11.3 Å². The van der Waals surface area contributed by atoms with Gasteiger partial charge in [-0.3, -0.25) is 9.78 Å². The summed E-state index contributed by atoms with van der Waals surface area (Å²) in [5.41, 5.74) is 1.67. The van der Waals surface area contributed by atoms with Crippen LogP contribution in [-0.2, 0) is 11.2 Å². The highest BCUT2D eigenvalue weighted by Gasteiger charge is 2.37. The summed E-state index contributed by atoms with van der Waals surface area (Å²) >= 11 is 0. The largest absolute Gasteiger partial charge is 0.481 e. The molecule has 6 heteroatoms. The highest BCUT2D eigenvalue weighted by atomic mass is 16.4. The number of aliphatic carboxylic acids is 1. The van der Waals surface area contributed by atoms with E-state index in [1.807, 2.05) is 6.07 Å². The van der Waals surface area contributed by atoms with Gasteiger partial charge in [0.1, 0.15) is 0 Å². The second kappa shape index (κ2) is 5.50. The lowest BCUT2D eigenvalue weighted by molar-refractivity contribution is -0.139. The summed E-state index contributed by atoms with van der Waals surface area (Å²) < 4.78 is 0. The predicted molar refractivity (Wildman–Crippen MR) is 66.0 cm³/mol. The van der Waals surface area contributed by atoms with Gasteiger partial charge in [0.05, 0.1) is 5.92 Å². The van der Waals surface area contributed by atoms with Gasteiger partial charge in [-0.1, -0.05) is 12.5 Å². The van der Waals surface area contributed by atoms with Crippen molar-refractivity contribution in [1.29, 1.82) is 0 Å². The molecule has 1 aromatic rings. The summed E-state index contributed by atoms with van der Waals surface area (Å²) in [4.78, 5) is 15.6. The molecule has 5 nitrogen and oxygen atoms in total. The van der Waals surface area contributed by atoms with E-state index in [4.69, 9.17) is 10.0 Å². The quantitative estimate of drug-likeness (QED) is 0.667. The molecular weight excluding hydrogens is 233 g/mol.